The van der Waals surface area contributed by atoms with Gasteiger partial charge in [-0.05, 0) is 58.6 Å². The van der Waals surface area contributed by atoms with E-state index in [0.717, 1.165) is 77.2 Å². The van der Waals surface area contributed by atoms with Gasteiger partial charge in [-0.3, -0.25) is 0 Å². The second-order valence-corrected chi connectivity index (χ2v) is 12.9. The fraction of sp³-hybridized carbons (Fsp3) is 0. The average Bonchev–Trinajstić information content (AvgIpc) is 3.74. The lowest BCUT2D eigenvalue weighted by Gasteiger charge is -2.15. The second-order valence-electron chi connectivity index (χ2n) is 12.9. The molecule has 3 heterocycles. The highest BCUT2D eigenvalue weighted by atomic mass is 16.3. The van der Waals surface area contributed by atoms with Crippen LogP contribution >= 0.6 is 0 Å². The number of benzene rings is 8. The van der Waals surface area contributed by atoms with Gasteiger partial charge in [0.25, 0.3) is 0 Å². The fourth-order valence-corrected chi connectivity index (χ4v) is 7.99. The first-order chi connectivity index (χ1) is 24.8. The third kappa shape index (κ3) is 3.81. The van der Waals surface area contributed by atoms with Crippen LogP contribution in [0.5, 0.6) is 0 Å². The molecule has 0 amide bonds. The normalized spacial score (nSPS) is 12.0. The molecule has 4 heteroatoms. The third-order valence-electron chi connectivity index (χ3n) is 10.2. The van der Waals surface area contributed by atoms with Crippen molar-refractivity contribution in [2.45, 2.75) is 0 Å². The first kappa shape index (κ1) is 27.2. The van der Waals surface area contributed by atoms with Gasteiger partial charge in [-0.15, -0.1) is 0 Å². The van der Waals surface area contributed by atoms with Crippen molar-refractivity contribution in [2.75, 3.05) is 0 Å². The van der Waals surface area contributed by atoms with Crippen LogP contribution in [0.3, 0.4) is 0 Å². The number of para-hydroxylation sites is 3. The molecular formula is C46H27N3O. The SMILES string of the molecule is c1ccc(-c2nc(-c3ccccc3-n3c4ccc5ccccc5c4c4c5c(ccc6c7ccccc7oc65)ccc43)nc3ccccc23)cc1. The predicted octanol–water partition coefficient (Wildman–Crippen LogP) is 12.3. The van der Waals surface area contributed by atoms with Crippen molar-refractivity contribution in [3.63, 3.8) is 0 Å². The van der Waals surface area contributed by atoms with Crippen molar-refractivity contribution in [3.8, 4) is 28.3 Å². The summed E-state index contributed by atoms with van der Waals surface area (Å²) in [5.41, 5.74) is 8.93. The molecule has 0 saturated heterocycles. The van der Waals surface area contributed by atoms with Gasteiger partial charge in [0.1, 0.15) is 11.2 Å². The monoisotopic (exact) mass is 637 g/mol. The summed E-state index contributed by atoms with van der Waals surface area (Å²) in [6, 6.07) is 57.6. The molecule has 0 fully saturated rings. The Labute approximate surface area is 286 Å². The highest BCUT2D eigenvalue weighted by Crippen LogP contribution is 2.45. The summed E-state index contributed by atoms with van der Waals surface area (Å²) in [5.74, 6) is 0.689. The van der Waals surface area contributed by atoms with Gasteiger partial charge in [0.15, 0.2) is 5.82 Å². The maximum atomic E-state index is 6.71. The minimum absolute atomic E-state index is 0.689. The van der Waals surface area contributed by atoms with Crippen molar-refractivity contribution < 1.29 is 4.42 Å². The summed E-state index contributed by atoms with van der Waals surface area (Å²) < 4.78 is 9.11. The maximum Gasteiger partial charge on any atom is 0.162 e. The molecule has 0 aliphatic carbocycles. The second kappa shape index (κ2) is 10.4. The molecule has 8 aromatic carbocycles. The van der Waals surface area contributed by atoms with Crippen molar-refractivity contribution >= 4 is 76.2 Å². The van der Waals surface area contributed by atoms with Gasteiger partial charge in [0.2, 0.25) is 0 Å². The molecule has 0 unspecified atom stereocenters. The van der Waals surface area contributed by atoms with Gasteiger partial charge < -0.3 is 8.98 Å². The molecule has 0 atom stereocenters. The van der Waals surface area contributed by atoms with Crippen molar-refractivity contribution in [2.24, 2.45) is 0 Å². The number of furan rings is 1. The van der Waals surface area contributed by atoms with E-state index in [1.54, 1.807) is 0 Å². The molecule has 0 bridgehead atoms. The smallest absolute Gasteiger partial charge is 0.162 e. The van der Waals surface area contributed by atoms with Crippen molar-refractivity contribution in [3.05, 3.63) is 164 Å². The first-order valence-corrected chi connectivity index (χ1v) is 16.9. The van der Waals surface area contributed by atoms with Gasteiger partial charge in [-0.25, -0.2) is 9.97 Å². The van der Waals surface area contributed by atoms with E-state index in [-0.39, 0.29) is 0 Å². The summed E-state index contributed by atoms with van der Waals surface area (Å²) in [5, 5.41) is 10.4. The molecule has 11 rings (SSSR count). The summed E-state index contributed by atoms with van der Waals surface area (Å²) in [7, 11) is 0. The van der Waals surface area contributed by atoms with Crippen molar-refractivity contribution in [1.82, 2.24) is 14.5 Å². The van der Waals surface area contributed by atoms with Crippen LogP contribution < -0.4 is 0 Å². The summed E-state index contributed by atoms with van der Waals surface area (Å²) in [4.78, 5) is 10.5. The Morgan fingerprint density at radius 2 is 1.12 bits per heavy atom. The average molecular weight is 638 g/mol. The molecule has 0 aliphatic heterocycles. The Kier molecular flexibility index (Phi) is 5.63. The van der Waals surface area contributed by atoms with E-state index in [1.807, 2.05) is 18.2 Å². The molecule has 0 radical (unpaired) electrons. The van der Waals surface area contributed by atoms with Crippen LogP contribution in [-0.4, -0.2) is 14.5 Å². The molecule has 3 aromatic heterocycles. The largest absolute Gasteiger partial charge is 0.455 e. The van der Waals surface area contributed by atoms with Gasteiger partial charge in [0, 0.05) is 43.4 Å². The van der Waals surface area contributed by atoms with E-state index < -0.39 is 0 Å². The van der Waals surface area contributed by atoms with E-state index >= 15 is 0 Å². The number of nitrogens with zero attached hydrogens (tertiary/aromatic N) is 3. The molecule has 232 valence electrons. The summed E-state index contributed by atoms with van der Waals surface area (Å²) in [6.07, 6.45) is 0. The predicted molar refractivity (Wildman–Crippen MR) is 207 cm³/mol. The van der Waals surface area contributed by atoms with Crippen LogP contribution in [0.1, 0.15) is 0 Å². The Bertz CT molecular complexity index is 3150. The van der Waals surface area contributed by atoms with Gasteiger partial charge in [0.05, 0.1) is 27.9 Å². The maximum absolute atomic E-state index is 6.71. The summed E-state index contributed by atoms with van der Waals surface area (Å²) >= 11 is 0. The molecule has 0 N–H and O–H groups in total. The van der Waals surface area contributed by atoms with Crippen LogP contribution in [-0.2, 0) is 0 Å². The van der Waals surface area contributed by atoms with Crippen molar-refractivity contribution in [1.29, 1.82) is 0 Å². The number of fused-ring (bicyclic) bond motifs is 12. The van der Waals surface area contributed by atoms with Gasteiger partial charge in [-0.1, -0.05) is 121 Å². The molecule has 50 heavy (non-hydrogen) atoms. The zero-order valence-corrected chi connectivity index (χ0v) is 26.8. The third-order valence-corrected chi connectivity index (χ3v) is 10.2. The number of aromatic nitrogens is 3. The molecule has 11 aromatic rings. The minimum Gasteiger partial charge on any atom is -0.455 e. The highest BCUT2D eigenvalue weighted by Gasteiger charge is 2.23. The minimum atomic E-state index is 0.689. The van der Waals surface area contributed by atoms with Gasteiger partial charge in [-0.2, -0.15) is 0 Å². The molecule has 0 aliphatic rings. The van der Waals surface area contributed by atoms with Crippen LogP contribution in [0.4, 0.5) is 0 Å². The Morgan fingerprint density at radius 3 is 2.02 bits per heavy atom. The van der Waals surface area contributed by atoms with Crippen LogP contribution in [0, 0.1) is 0 Å². The lowest BCUT2D eigenvalue weighted by atomic mass is 9.98. The Morgan fingerprint density at radius 1 is 0.440 bits per heavy atom. The standard InChI is InChI=1S/C46H27N3O/c1-2-13-30(14-3-1)44-34-17-6-9-19-36(34)47-46(48-44)35-18-7-10-20-37(35)49-38-26-23-28-12-4-5-15-31(28)42(38)43-39(49)27-24-29-22-25-33-32-16-8-11-21-40(32)50-45(33)41(29)43/h1-27H. The van der Waals surface area contributed by atoms with Gasteiger partial charge >= 0.3 is 0 Å². The number of rotatable bonds is 3. The Balaban J connectivity index is 1.29. The van der Waals surface area contributed by atoms with E-state index in [9.17, 15) is 0 Å². The van der Waals surface area contributed by atoms with Crippen LogP contribution in [0.2, 0.25) is 0 Å². The number of hydrogen-bond acceptors (Lipinski definition) is 3. The lowest BCUT2D eigenvalue weighted by molar-refractivity contribution is 0.673. The molecular weight excluding hydrogens is 611 g/mol. The van der Waals surface area contributed by atoms with Crippen LogP contribution in [0.25, 0.3) is 105 Å². The van der Waals surface area contributed by atoms with E-state index in [0.29, 0.717) is 5.82 Å². The highest BCUT2D eigenvalue weighted by molar-refractivity contribution is 6.33. The molecule has 4 nitrogen and oxygen atoms in total. The topological polar surface area (TPSA) is 43.9 Å². The zero-order valence-electron chi connectivity index (χ0n) is 26.8. The van der Waals surface area contributed by atoms with E-state index in [4.69, 9.17) is 14.4 Å². The summed E-state index contributed by atoms with van der Waals surface area (Å²) in [6.45, 7) is 0. The number of hydrogen-bond donors (Lipinski definition) is 0. The van der Waals surface area contributed by atoms with E-state index in [1.165, 1.54) is 21.5 Å². The quantitative estimate of drug-likeness (QED) is 0.194. The zero-order chi connectivity index (χ0) is 32.8. The Hall–Kier alpha value is -6.78. The van der Waals surface area contributed by atoms with E-state index in [2.05, 4.69) is 150 Å². The lowest BCUT2D eigenvalue weighted by Crippen LogP contribution is -2.01. The van der Waals surface area contributed by atoms with Crippen LogP contribution in [0.15, 0.2) is 168 Å². The first-order valence-electron chi connectivity index (χ1n) is 16.9. The fourth-order valence-electron chi connectivity index (χ4n) is 7.99. The molecule has 0 saturated carbocycles. The molecule has 0 spiro atoms.